The lowest BCUT2D eigenvalue weighted by atomic mass is 10.0. The average Bonchev–Trinajstić information content (AvgIpc) is 3.02. The third kappa shape index (κ3) is 3.26. The van der Waals surface area contributed by atoms with Gasteiger partial charge in [0, 0.05) is 37.2 Å². The van der Waals surface area contributed by atoms with E-state index in [0.29, 0.717) is 5.91 Å². The van der Waals surface area contributed by atoms with Crippen LogP contribution in [0, 0.1) is 0 Å². The van der Waals surface area contributed by atoms with Gasteiger partial charge in [0.1, 0.15) is 0 Å². The van der Waals surface area contributed by atoms with Gasteiger partial charge in [0.2, 0.25) is 5.91 Å². The standard InChI is InChI=1S/C14H25N3OS/c18-14(13-11-19-10-5-15-13)17-8-3-12(4-9-17)16-6-1-2-7-16/h12-13,15H,1-11H2. The van der Waals surface area contributed by atoms with Crippen molar-refractivity contribution in [3.05, 3.63) is 0 Å². The Labute approximate surface area is 120 Å². The van der Waals surface area contributed by atoms with Crippen molar-refractivity contribution in [3.8, 4) is 0 Å². The Hall–Kier alpha value is -0.260. The molecule has 0 aromatic heterocycles. The van der Waals surface area contributed by atoms with Crippen LogP contribution in [0.1, 0.15) is 25.7 Å². The third-order valence-corrected chi connectivity index (χ3v) is 5.71. The van der Waals surface area contributed by atoms with Crippen LogP contribution in [0.25, 0.3) is 0 Å². The van der Waals surface area contributed by atoms with Crippen molar-refractivity contribution in [1.29, 1.82) is 0 Å². The number of amides is 1. The fraction of sp³-hybridized carbons (Fsp3) is 0.929. The molecule has 19 heavy (non-hydrogen) atoms. The molecule has 3 fully saturated rings. The Bertz CT molecular complexity index is 306. The summed E-state index contributed by atoms with van der Waals surface area (Å²) in [5, 5.41) is 3.36. The lowest BCUT2D eigenvalue weighted by Crippen LogP contribution is -2.54. The highest BCUT2D eigenvalue weighted by Crippen LogP contribution is 2.22. The van der Waals surface area contributed by atoms with Gasteiger partial charge in [-0.25, -0.2) is 0 Å². The van der Waals surface area contributed by atoms with Crippen LogP contribution < -0.4 is 5.32 Å². The van der Waals surface area contributed by atoms with E-state index in [-0.39, 0.29) is 6.04 Å². The van der Waals surface area contributed by atoms with Gasteiger partial charge >= 0.3 is 0 Å². The predicted octanol–water partition coefficient (Wildman–Crippen LogP) is 0.778. The number of likely N-dealkylation sites (tertiary alicyclic amines) is 2. The Morgan fingerprint density at radius 1 is 1.11 bits per heavy atom. The summed E-state index contributed by atoms with van der Waals surface area (Å²) in [7, 11) is 0. The molecule has 3 rings (SSSR count). The smallest absolute Gasteiger partial charge is 0.240 e. The zero-order valence-electron chi connectivity index (χ0n) is 11.6. The molecule has 0 bridgehead atoms. The molecule has 1 unspecified atom stereocenters. The monoisotopic (exact) mass is 283 g/mol. The number of nitrogens with one attached hydrogen (secondary N) is 1. The van der Waals surface area contributed by atoms with E-state index >= 15 is 0 Å². The quantitative estimate of drug-likeness (QED) is 0.812. The molecule has 1 amide bonds. The van der Waals surface area contributed by atoms with Crippen LogP contribution >= 0.6 is 11.8 Å². The van der Waals surface area contributed by atoms with Crippen LogP contribution in [0.5, 0.6) is 0 Å². The maximum atomic E-state index is 12.4. The minimum atomic E-state index is 0.0714. The second-order valence-corrected chi connectivity index (χ2v) is 7.03. The van der Waals surface area contributed by atoms with E-state index in [1.807, 2.05) is 11.8 Å². The largest absolute Gasteiger partial charge is 0.341 e. The normalized spacial score (nSPS) is 30.7. The number of hydrogen-bond acceptors (Lipinski definition) is 4. The first-order valence-corrected chi connectivity index (χ1v) is 8.84. The van der Waals surface area contributed by atoms with Crippen LogP contribution in [0.2, 0.25) is 0 Å². The molecule has 3 aliphatic heterocycles. The second kappa shape index (κ2) is 6.46. The molecule has 0 radical (unpaired) electrons. The van der Waals surface area contributed by atoms with Crippen LogP contribution in [0.15, 0.2) is 0 Å². The molecule has 1 atom stereocenters. The molecule has 3 saturated heterocycles. The number of carbonyl (C=O) groups excluding carboxylic acids is 1. The molecule has 3 aliphatic rings. The fourth-order valence-electron chi connectivity index (χ4n) is 3.50. The maximum absolute atomic E-state index is 12.4. The van der Waals surface area contributed by atoms with Crippen LogP contribution in [0.4, 0.5) is 0 Å². The van der Waals surface area contributed by atoms with E-state index in [9.17, 15) is 4.79 Å². The Balaban J connectivity index is 1.47. The summed E-state index contributed by atoms with van der Waals surface area (Å²) in [4.78, 5) is 17.1. The molecule has 4 nitrogen and oxygen atoms in total. The summed E-state index contributed by atoms with van der Waals surface area (Å²) in [6.45, 7) is 5.45. The third-order valence-electron chi connectivity index (χ3n) is 4.65. The van der Waals surface area contributed by atoms with Crippen molar-refractivity contribution in [2.24, 2.45) is 0 Å². The highest BCUT2D eigenvalue weighted by molar-refractivity contribution is 7.99. The summed E-state index contributed by atoms with van der Waals surface area (Å²) < 4.78 is 0. The van der Waals surface area contributed by atoms with E-state index in [1.54, 1.807) is 0 Å². The molecular formula is C14H25N3OS. The van der Waals surface area contributed by atoms with E-state index in [4.69, 9.17) is 0 Å². The topological polar surface area (TPSA) is 35.6 Å². The van der Waals surface area contributed by atoms with Gasteiger partial charge in [0.15, 0.2) is 0 Å². The van der Waals surface area contributed by atoms with E-state index in [2.05, 4.69) is 15.1 Å². The maximum Gasteiger partial charge on any atom is 0.240 e. The second-order valence-electron chi connectivity index (χ2n) is 5.88. The lowest BCUT2D eigenvalue weighted by Gasteiger charge is -2.38. The summed E-state index contributed by atoms with van der Waals surface area (Å²) in [6, 6.07) is 0.808. The van der Waals surface area contributed by atoms with Crippen LogP contribution in [-0.4, -0.2) is 72.0 Å². The van der Waals surface area contributed by atoms with Crippen molar-refractivity contribution < 1.29 is 4.79 Å². The summed E-state index contributed by atoms with van der Waals surface area (Å²) in [5.74, 6) is 2.43. The average molecular weight is 283 g/mol. The van der Waals surface area contributed by atoms with Gasteiger partial charge in [-0.05, 0) is 38.8 Å². The molecule has 0 aromatic carbocycles. The highest BCUT2D eigenvalue weighted by atomic mass is 32.2. The van der Waals surface area contributed by atoms with Gasteiger partial charge in [-0.2, -0.15) is 11.8 Å². The fourth-order valence-corrected chi connectivity index (χ4v) is 4.43. The highest BCUT2D eigenvalue weighted by Gasteiger charge is 2.31. The Kier molecular flexibility index (Phi) is 4.66. The van der Waals surface area contributed by atoms with Crippen molar-refractivity contribution in [2.45, 2.75) is 37.8 Å². The van der Waals surface area contributed by atoms with E-state index < -0.39 is 0 Å². The minimum Gasteiger partial charge on any atom is -0.341 e. The van der Waals surface area contributed by atoms with Crippen molar-refractivity contribution >= 4 is 17.7 Å². The van der Waals surface area contributed by atoms with Gasteiger partial charge in [0.05, 0.1) is 6.04 Å². The zero-order valence-corrected chi connectivity index (χ0v) is 12.5. The molecule has 3 heterocycles. The molecule has 0 aromatic rings. The number of rotatable bonds is 2. The van der Waals surface area contributed by atoms with Gasteiger partial charge < -0.3 is 15.1 Å². The molecule has 1 N–H and O–H groups in total. The zero-order chi connectivity index (χ0) is 13.1. The number of thioether (sulfide) groups is 1. The number of carbonyl (C=O) groups is 1. The van der Waals surface area contributed by atoms with E-state index in [1.165, 1.54) is 38.8 Å². The van der Waals surface area contributed by atoms with Crippen molar-refractivity contribution in [3.63, 3.8) is 0 Å². The molecule has 5 heteroatoms. The molecule has 0 aliphatic carbocycles. The number of nitrogens with zero attached hydrogens (tertiary/aromatic N) is 2. The first-order chi connectivity index (χ1) is 9.34. The number of piperidine rings is 1. The molecular weight excluding hydrogens is 258 g/mol. The lowest BCUT2D eigenvalue weighted by molar-refractivity contribution is -0.134. The van der Waals surface area contributed by atoms with Gasteiger partial charge in [0.25, 0.3) is 0 Å². The summed E-state index contributed by atoms with van der Waals surface area (Å²) in [6.07, 6.45) is 5.07. The Morgan fingerprint density at radius 2 is 1.84 bits per heavy atom. The van der Waals surface area contributed by atoms with Crippen molar-refractivity contribution in [2.75, 3.05) is 44.2 Å². The first-order valence-electron chi connectivity index (χ1n) is 7.68. The molecule has 108 valence electrons. The molecule has 0 saturated carbocycles. The van der Waals surface area contributed by atoms with Gasteiger partial charge in [-0.3, -0.25) is 4.79 Å². The van der Waals surface area contributed by atoms with E-state index in [0.717, 1.165) is 37.2 Å². The first kappa shape index (κ1) is 13.7. The van der Waals surface area contributed by atoms with Gasteiger partial charge in [-0.15, -0.1) is 0 Å². The van der Waals surface area contributed by atoms with Crippen LogP contribution in [0.3, 0.4) is 0 Å². The minimum absolute atomic E-state index is 0.0714. The molecule has 0 spiro atoms. The number of hydrogen-bond donors (Lipinski definition) is 1. The van der Waals surface area contributed by atoms with Crippen molar-refractivity contribution in [1.82, 2.24) is 15.1 Å². The Morgan fingerprint density at radius 3 is 2.47 bits per heavy atom. The van der Waals surface area contributed by atoms with Crippen LogP contribution in [-0.2, 0) is 4.79 Å². The summed E-state index contributed by atoms with van der Waals surface area (Å²) >= 11 is 1.90. The summed E-state index contributed by atoms with van der Waals surface area (Å²) in [5.41, 5.74) is 0. The SMILES string of the molecule is O=C(C1CSCCN1)N1CCC(N2CCCC2)CC1. The van der Waals surface area contributed by atoms with Gasteiger partial charge in [-0.1, -0.05) is 0 Å². The predicted molar refractivity (Wildman–Crippen MR) is 79.5 cm³/mol.